The number of nitrogens with zero attached hydrogens (tertiary/aromatic N) is 3. The van der Waals surface area contributed by atoms with Crippen molar-refractivity contribution in [1.82, 2.24) is 14.8 Å². The number of methoxy groups -OCH3 is 2. The molecule has 2 atom stereocenters. The summed E-state index contributed by atoms with van der Waals surface area (Å²) < 4.78 is 20.3. The molecule has 0 amide bonds. The first kappa shape index (κ1) is 20.8. The number of ether oxygens (including phenoxy) is 3. The van der Waals surface area contributed by atoms with E-state index >= 15 is 0 Å². The lowest BCUT2D eigenvalue weighted by Gasteiger charge is -2.39. The summed E-state index contributed by atoms with van der Waals surface area (Å²) in [7, 11) is 3.32. The molecule has 34 heavy (non-hydrogen) atoms. The fourth-order valence-corrected chi connectivity index (χ4v) is 5.20. The second-order valence-corrected chi connectivity index (χ2v) is 8.90. The summed E-state index contributed by atoms with van der Waals surface area (Å²) in [6, 6.07) is 21.9. The number of nitrogens with one attached hydrogen (secondary N) is 1. The zero-order valence-electron chi connectivity index (χ0n) is 18.5. The van der Waals surface area contributed by atoms with Crippen LogP contribution in [0.1, 0.15) is 28.8 Å². The maximum atomic E-state index is 6.66. The van der Waals surface area contributed by atoms with Crippen molar-refractivity contribution < 1.29 is 14.2 Å². The maximum absolute atomic E-state index is 6.66. The molecule has 0 bridgehead atoms. The Kier molecular flexibility index (Phi) is 5.03. The Morgan fingerprint density at radius 3 is 2.53 bits per heavy atom. The van der Waals surface area contributed by atoms with Gasteiger partial charge in [0.25, 0.3) is 0 Å². The second-order valence-electron chi connectivity index (χ2n) is 8.05. The fraction of sp³-hybridized carbons (Fsp3) is 0.154. The third-order valence-corrected chi connectivity index (χ3v) is 6.85. The smallest absolute Gasteiger partial charge is 0.226 e. The molecule has 1 N–H and O–H groups in total. The molecular weight excluding hydrogens is 496 g/mol. The molecule has 4 aromatic rings. The molecule has 0 fully saturated rings. The third-order valence-electron chi connectivity index (χ3n) is 6.23. The number of hydrogen-bond acceptors (Lipinski definition) is 6. The summed E-state index contributed by atoms with van der Waals surface area (Å²) in [6.07, 6.45) is 1.22. The quantitative estimate of drug-likeness (QED) is 0.379. The molecule has 3 aromatic carbocycles. The highest BCUT2D eigenvalue weighted by atomic mass is 79.9. The van der Waals surface area contributed by atoms with Crippen LogP contribution < -0.4 is 19.5 Å². The average molecular weight is 517 g/mol. The molecule has 6 rings (SSSR count). The minimum atomic E-state index is -0.357. The first-order valence-electron chi connectivity index (χ1n) is 10.8. The van der Waals surface area contributed by atoms with E-state index in [0.29, 0.717) is 5.95 Å². The highest BCUT2D eigenvalue weighted by molar-refractivity contribution is 9.10. The van der Waals surface area contributed by atoms with Crippen molar-refractivity contribution >= 4 is 27.6 Å². The van der Waals surface area contributed by atoms with E-state index in [1.807, 2.05) is 53.2 Å². The van der Waals surface area contributed by atoms with Crippen molar-refractivity contribution in [3.63, 3.8) is 0 Å². The van der Waals surface area contributed by atoms with Crippen LogP contribution in [0.3, 0.4) is 0 Å². The van der Waals surface area contributed by atoms with Gasteiger partial charge in [-0.2, -0.15) is 10.1 Å². The van der Waals surface area contributed by atoms with Crippen LogP contribution >= 0.6 is 15.9 Å². The van der Waals surface area contributed by atoms with E-state index in [-0.39, 0.29) is 12.1 Å². The van der Waals surface area contributed by atoms with Crippen LogP contribution in [0.25, 0.3) is 5.70 Å². The number of aromatic nitrogens is 3. The Balaban J connectivity index is 1.59. The zero-order chi connectivity index (χ0) is 23.2. The van der Waals surface area contributed by atoms with E-state index < -0.39 is 0 Å². The van der Waals surface area contributed by atoms with E-state index in [0.717, 1.165) is 49.7 Å². The average Bonchev–Trinajstić information content (AvgIpc) is 3.35. The number of para-hydroxylation sites is 1. The van der Waals surface area contributed by atoms with Crippen LogP contribution in [-0.2, 0) is 0 Å². The summed E-state index contributed by atoms with van der Waals surface area (Å²) in [6.45, 7) is 0. The molecule has 0 radical (unpaired) electrons. The Labute approximate surface area is 205 Å². The van der Waals surface area contributed by atoms with Crippen molar-refractivity contribution in [3.8, 4) is 17.2 Å². The summed E-state index contributed by atoms with van der Waals surface area (Å²) in [5, 5.41) is 8.09. The van der Waals surface area contributed by atoms with Crippen molar-refractivity contribution in [1.29, 1.82) is 0 Å². The Morgan fingerprint density at radius 1 is 0.971 bits per heavy atom. The summed E-state index contributed by atoms with van der Waals surface area (Å²) in [4.78, 5) is 4.48. The monoisotopic (exact) mass is 516 g/mol. The van der Waals surface area contributed by atoms with Crippen LogP contribution in [-0.4, -0.2) is 29.0 Å². The van der Waals surface area contributed by atoms with Gasteiger partial charge in [0.15, 0.2) is 0 Å². The molecule has 0 aliphatic carbocycles. The molecule has 7 nitrogen and oxygen atoms in total. The lowest BCUT2D eigenvalue weighted by molar-refractivity contribution is 0.223. The molecule has 0 saturated heterocycles. The first-order chi connectivity index (χ1) is 16.7. The first-order valence-corrected chi connectivity index (χ1v) is 11.6. The zero-order valence-corrected chi connectivity index (χ0v) is 20.1. The van der Waals surface area contributed by atoms with Gasteiger partial charge in [0.2, 0.25) is 5.95 Å². The summed E-state index contributed by atoms with van der Waals surface area (Å²) in [5.41, 5.74) is 5.09. The summed E-state index contributed by atoms with van der Waals surface area (Å²) >= 11 is 3.64. The van der Waals surface area contributed by atoms with Gasteiger partial charge in [0.1, 0.15) is 35.7 Å². The number of hydrogen-bond donors (Lipinski definition) is 1. The SMILES string of the molecule is COc1ccc([C@@H]2C3=C(Nc4ncnn42)c2ccccc2O[C@@H]3c2ccc(OC)c(Br)c2)cc1. The van der Waals surface area contributed by atoms with E-state index in [9.17, 15) is 0 Å². The van der Waals surface area contributed by atoms with Gasteiger partial charge in [-0.25, -0.2) is 4.68 Å². The molecule has 0 spiro atoms. The largest absolute Gasteiger partial charge is 0.497 e. The minimum Gasteiger partial charge on any atom is -0.497 e. The van der Waals surface area contributed by atoms with Gasteiger partial charge < -0.3 is 19.5 Å². The summed E-state index contributed by atoms with van der Waals surface area (Å²) in [5.74, 6) is 3.06. The van der Waals surface area contributed by atoms with Crippen molar-refractivity contribution in [2.24, 2.45) is 0 Å². The van der Waals surface area contributed by atoms with Gasteiger partial charge in [-0.3, -0.25) is 0 Å². The highest BCUT2D eigenvalue weighted by Gasteiger charge is 2.41. The van der Waals surface area contributed by atoms with Crippen molar-refractivity contribution in [2.75, 3.05) is 19.5 Å². The van der Waals surface area contributed by atoms with Crippen LogP contribution in [0, 0.1) is 0 Å². The number of fused-ring (bicyclic) bond motifs is 3. The molecule has 2 aliphatic heterocycles. The number of benzene rings is 3. The van der Waals surface area contributed by atoms with E-state index in [1.54, 1.807) is 20.5 Å². The number of rotatable bonds is 4. The molecular formula is C26H21BrN4O3. The number of halogens is 1. The van der Waals surface area contributed by atoms with Crippen LogP contribution in [0.15, 0.2) is 83.1 Å². The molecule has 0 unspecified atom stereocenters. The predicted molar refractivity (Wildman–Crippen MR) is 132 cm³/mol. The van der Waals surface area contributed by atoms with Gasteiger partial charge in [0, 0.05) is 11.1 Å². The van der Waals surface area contributed by atoms with Crippen LogP contribution in [0.4, 0.5) is 5.95 Å². The molecule has 8 heteroatoms. The topological polar surface area (TPSA) is 70.4 Å². The van der Waals surface area contributed by atoms with Crippen LogP contribution in [0.5, 0.6) is 17.2 Å². The predicted octanol–water partition coefficient (Wildman–Crippen LogP) is 5.62. The molecule has 3 heterocycles. The van der Waals surface area contributed by atoms with Crippen molar-refractivity contribution in [2.45, 2.75) is 12.1 Å². The van der Waals surface area contributed by atoms with Gasteiger partial charge in [-0.15, -0.1) is 0 Å². The Hall–Kier alpha value is -3.78. The normalized spacial score (nSPS) is 18.2. The molecule has 0 saturated carbocycles. The second kappa shape index (κ2) is 8.22. The Bertz CT molecular complexity index is 1410. The standard InChI is InChI=1S/C26H21BrN4O3/c1-32-17-10-7-15(8-11-17)24-22-23(30-26-28-14-29-31(24)26)18-5-3-4-6-20(18)34-25(22)16-9-12-21(33-2)19(27)13-16/h3-14,24-25H,1-2H3,(H,28,29,30)/t24-,25-/m1/s1. The van der Waals surface area contributed by atoms with Gasteiger partial charge in [-0.1, -0.05) is 30.3 Å². The fourth-order valence-electron chi connectivity index (χ4n) is 4.64. The van der Waals surface area contributed by atoms with Gasteiger partial charge >= 0.3 is 0 Å². The molecule has 170 valence electrons. The minimum absolute atomic E-state index is 0.223. The lowest BCUT2D eigenvalue weighted by atomic mass is 9.84. The van der Waals surface area contributed by atoms with Gasteiger partial charge in [-0.05, 0) is 63.5 Å². The van der Waals surface area contributed by atoms with Crippen molar-refractivity contribution in [3.05, 3.63) is 99.8 Å². The number of anilines is 1. The van der Waals surface area contributed by atoms with Crippen LogP contribution in [0.2, 0.25) is 0 Å². The van der Waals surface area contributed by atoms with Gasteiger partial charge in [0.05, 0.1) is 24.4 Å². The third kappa shape index (κ3) is 3.25. The highest BCUT2D eigenvalue weighted by Crippen LogP contribution is 2.51. The Morgan fingerprint density at radius 2 is 1.76 bits per heavy atom. The molecule has 1 aromatic heterocycles. The lowest BCUT2D eigenvalue weighted by Crippen LogP contribution is -2.32. The maximum Gasteiger partial charge on any atom is 0.226 e. The van der Waals surface area contributed by atoms with E-state index in [4.69, 9.17) is 14.2 Å². The molecule has 2 aliphatic rings. The van der Waals surface area contributed by atoms with E-state index in [2.05, 4.69) is 49.5 Å². The van der Waals surface area contributed by atoms with E-state index in [1.165, 1.54) is 0 Å².